The van der Waals surface area contributed by atoms with Crippen LogP contribution in [0.1, 0.15) is 16.1 Å². The normalized spacial score (nSPS) is 13.6. The van der Waals surface area contributed by atoms with E-state index in [1.54, 1.807) is 42.3 Å². The van der Waals surface area contributed by atoms with Crippen molar-refractivity contribution in [1.82, 2.24) is 9.88 Å². The number of fused-ring (bicyclic) bond motifs is 1. The third-order valence-corrected chi connectivity index (χ3v) is 6.12. The number of hydrogen-bond acceptors (Lipinski definition) is 5. The minimum Gasteiger partial charge on any atom is -0.451 e. The number of piperazine rings is 1. The first kappa shape index (κ1) is 23.3. The second kappa shape index (κ2) is 9.65. The van der Waals surface area contributed by atoms with Gasteiger partial charge >= 0.3 is 6.03 Å². The molecular weight excluding hydrogens is 468 g/mol. The molecular formula is C26H23F2N5O3. The number of benzene rings is 2. The van der Waals surface area contributed by atoms with Crippen LogP contribution >= 0.6 is 0 Å². The molecule has 0 spiro atoms. The van der Waals surface area contributed by atoms with Gasteiger partial charge in [-0.1, -0.05) is 12.1 Å². The zero-order chi connectivity index (χ0) is 25.2. The van der Waals surface area contributed by atoms with Crippen LogP contribution in [0, 0.1) is 18.6 Å². The van der Waals surface area contributed by atoms with E-state index in [4.69, 9.17) is 4.42 Å². The summed E-state index contributed by atoms with van der Waals surface area (Å²) in [5.74, 6) is -0.509. The Hall–Kier alpha value is -4.47. The van der Waals surface area contributed by atoms with Crippen LogP contribution in [0.25, 0.3) is 11.0 Å². The molecule has 4 aromatic rings. The van der Waals surface area contributed by atoms with Crippen molar-refractivity contribution in [2.75, 3.05) is 41.7 Å². The average Bonchev–Trinajstić information content (AvgIpc) is 3.21. The molecule has 5 rings (SSSR count). The second-order valence-corrected chi connectivity index (χ2v) is 8.44. The monoisotopic (exact) mass is 491 g/mol. The van der Waals surface area contributed by atoms with E-state index in [0.29, 0.717) is 54.2 Å². The third-order valence-electron chi connectivity index (χ3n) is 6.12. The molecule has 1 fully saturated rings. The Morgan fingerprint density at radius 3 is 2.47 bits per heavy atom. The number of furan rings is 1. The Morgan fingerprint density at radius 2 is 1.75 bits per heavy atom. The number of urea groups is 1. The smallest absolute Gasteiger partial charge is 0.322 e. The Labute approximate surface area is 205 Å². The number of aryl methyl sites for hydroxylation is 1. The number of pyridine rings is 1. The Bertz CT molecular complexity index is 1430. The van der Waals surface area contributed by atoms with Gasteiger partial charge in [-0.15, -0.1) is 0 Å². The minimum atomic E-state index is -0.481. The summed E-state index contributed by atoms with van der Waals surface area (Å²) in [7, 11) is 0. The summed E-state index contributed by atoms with van der Waals surface area (Å²) >= 11 is 0. The van der Waals surface area contributed by atoms with Crippen LogP contribution < -0.4 is 15.5 Å². The fourth-order valence-electron chi connectivity index (χ4n) is 4.14. The number of nitrogens with one attached hydrogen (secondary N) is 2. The highest BCUT2D eigenvalue weighted by molar-refractivity contribution is 6.06. The maximum Gasteiger partial charge on any atom is 0.322 e. The number of halogens is 2. The zero-order valence-corrected chi connectivity index (χ0v) is 19.4. The van der Waals surface area contributed by atoms with E-state index in [1.807, 2.05) is 4.90 Å². The lowest BCUT2D eigenvalue weighted by atomic mass is 10.1. The molecule has 36 heavy (non-hydrogen) atoms. The first-order valence-corrected chi connectivity index (χ1v) is 11.4. The molecule has 2 aromatic heterocycles. The van der Waals surface area contributed by atoms with Crippen molar-refractivity contribution < 1.29 is 22.8 Å². The largest absolute Gasteiger partial charge is 0.451 e. The van der Waals surface area contributed by atoms with Crippen molar-refractivity contribution in [3.8, 4) is 0 Å². The van der Waals surface area contributed by atoms with Crippen molar-refractivity contribution in [2.24, 2.45) is 0 Å². The summed E-state index contributed by atoms with van der Waals surface area (Å²) in [6.45, 7) is 3.72. The van der Waals surface area contributed by atoms with Gasteiger partial charge in [0.2, 0.25) is 0 Å². The van der Waals surface area contributed by atoms with Crippen LogP contribution in [0.4, 0.5) is 30.8 Å². The molecule has 0 atom stereocenters. The summed E-state index contributed by atoms with van der Waals surface area (Å²) in [4.78, 5) is 33.3. The summed E-state index contributed by atoms with van der Waals surface area (Å²) in [6, 6.07) is 13.3. The van der Waals surface area contributed by atoms with E-state index in [9.17, 15) is 18.4 Å². The van der Waals surface area contributed by atoms with Gasteiger partial charge in [0.15, 0.2) is 5.76 Å². The third kappa shape index (κ3) is 4.70. The average molecular weight is 491 g/mol. The number of carbonyl (C=O) groups excluding carboxylic acids is 2. The highest BCUT2D eigenvalue weighted by Gasteiger charge is 2.23. The number of aromatic nitrogens is 1. The van der Waals surface area contributed by atoms with Crippen LogP contribution in [0.15, 0.2) is 65.2 Å². The standard InChI is InChI=1S/C26H23F2N5O3/c1-16-19-14-17(27)6-8-22(19)36-24(16)25(34)30-18-7-9-23(29-15-18)32-10-12-33(13-11-32)26(35)31-21-5-3-2-4-20(21)28/h2-9,14-15H,10-13H2,1H3,(H,30,34)(H,31,35). The first-order valence-electron chi connectivity index (χ1n) is 11.4. The number of anilines is 3. The van der Waals surface area contributed by atoms with Crippen LogP contribution in [0.3, 0.4) is 0 Å². The Balaban J connectivity index is 1.18. The number of carbonyl (C=O) groups is 2. The second-order valence-electron chi connectivity index (χ2n) is 8.44. The molecule has 1 saturated heterocycles. The lowest BCUT2D eigenvalue weighted by molar-refractivity contribution is 0.0998. The maximum absolute atomic E-state index is 13.8. The predicted octanol–water partition coefficient (Wildman–Crippen LogP) is 5.02. The first-order chi connectivity index (χ1) is 17.4. The fourth-order valence-corrected chi connectivity index (χ4v) is 4.14. The molecule has 10 heteroatoms. The highest BCUT2D eigenvalue weighted by atomic mass is 19.1. The highest BCUT2D eigenvalue weighted by Crippen LogP contribution is 2.27. The van der Waals surface area contributed by atoms with Gasteiger partial charge in [0, 0.05) is 37.1 Å². The number of rotatable bonds is 4. The minimum absolute atomic E-state index is 0.115. The van der Waals surface area contributed by atoms with Gasteiger partial charge in [-0.05, 0) is 49.4 Å². The van der Waals surface area contributed by atoms with E-state index >= 15 is 0 Å². The van der Waals surface area contributed by atoms with Gasteiger partial charge in [0.1, 0.15) is 23.0 Å². The van der Waals surface area contributed by atoms with Gasteiger partial charge in [0.25, 0.3) is 5.91 Å². The van der Waals surface area contributed by atoms with E-state index in [-0.39, 0.29) is 17.5 Å². The van der Waals surface area contributed by atoms with Gasteiger partial charge in [0.05, 0.1) is 17.6 Å². The van der Waals surface area contributed by atoms with E-state index in [2.05, 4.69) is 15.6 Å². The molecule has 1 aliphatic rings. The molecule has 0 saturated carbocycles. The van der Waals surface area contributed by atoms with Crippen molar-refractivity contribution in [3.63, 3.8) is 0 Å². The van der Waals surface area contributed by atoms with E-state index < -0.39 is 17.5 Å². The van der Waals surface area contributed by atoms with Crippen LogP contribution in [0.5, 0.6) is 0 Å². The number of para-hydroxylation sites is 1. The summed E-state index contributed by atoms with van der Waals surface area (Å²) < 4.78 is 33.0. The summed E-state index contributed by atoms with van der Waals surface area (Å²) in [5.41, 5.74) is 1.63. The van der Waals surface area contributed by atoms with Gasteiger partial charge in [-0.25, -0.2) is 18.6 Å². The summed E-state index contributed by atoms with van der Waals surface area (Å²) in [5, 5.41) is 5.91. The topological polar surface area (TPSA) is 90.7 Å². The Morgan fingerprint density at radius 1 is 0.972 bits per heavy atom. The predicted molar refractivity (Wildman–Crippen MR) is 132 cm³/mol. The van der Waals surface area contributed by atoms with Gasteiger partial charge < -0.3 is 24.9 Å². The quantitative estimate of drug-likeness (QED) is 0.418. The lowest BCUT2D eigenvalue weighted by Crippen LogP contribution is -2.50. The zero-order valence-electron chi connectivity index (χ0n) is 19.4. The molecule has 2 N–H and O–H groups in total. The van der Waals surface area contributed by atoms with Crippen molar-refractivity contribution in [3.05, 3.63) is 83.8 Å². The van der Waals surface area contributed by atoms with E-state index in [0.717, 1.165) is 0 Å². The molecule has 0 radical (unpaired) electrons. The number of amides is 3. The molecule has 184 valence electrons. The van der Waals surface area contributed by atoms with Crippen LogP contribution in [-0.2, 0) is 0 Å². The fraction of sp³-hybridized carbons (Fsp3) is 0.192. The Kier molecular flexibility index (Phi) is 6.24. The molecule has 1 aliphatic heterocycles. The van der Waals surface area contributed by atoms with Crippen molar-refractivity contribution in [1.29, 1.82) is 0 Å². The van der Waals surface area contributed by atoms with Crippen LogP contribution in [0.2, 0.25) is 0 Å². The molecule has 0 bridgehead atoms. The molecule has 0 unspecified atom stereocenters. The van der Waals surface area contributed by atoms with Gasteiger partial charge in [-0.3, -0.25) is 4.79 Å². The number of hydrogen-bond donors (Lipinski definition) is 2. The lowest BCUT2D eigenvalue weighted by Gasteiger charge is -2.35. The van der Waals surface area contributed by atoms with Gasteiger partial charge in [-0.2, -0.15) is 0 Å². The summed E-state index contributed by atoms with van der Waals surface area (Å²) in [6.07, 6.45) is 1.54. The number of nitrogens with zero attached hydrogens (tertiary/aromatic N) is 3. The van der Waals surface area contributed by atoms with Crippen molar-refractivity contribution in [2.45, 2.75) is 6.92 Å². The maximum atomic E-state index is 13.8. The SMILES string of the molecule is Cc1c(C(=O)Nc2ccc(N3CCN(C(=O)Nc4ccccc4F)CC3)nc2)oc2ccc(F)cc12. The molecule has 2 aromatic carbocycles. The molecule has 3 heterocycles. The van der Waals surface area contributed by atoms with Crippen LogP contribution in [-0.4, -0.2) is 48.0 Å². The van der Waals surface area contributed by atoms with Crippen molar-refractivity contribution >= 4 is 40.1 Å². The molecule has 0 aliphatic carbocycles. The molecule has 8 nitrogen and oxygen atoms in total. The molecule has 3 amide bonds. The van der Waals surface area contributed by atoms with E-state index in [1.165, 1.54) is 30.3 Å².